The molecule has 94 valence electrons. The van der Waals surface area contributed by atoms with E-state index >= 15 is 0 Å². The van der Waals surface area contributed by atoms with Crippen LogP contribution in [-0.4, -0.2) is 26.4 Å². The second-order valence-electron chi connectivity index (χ2n) is 3.72. The summed E-state index contributed by atoms with van der Waals surface area (Å²) in [6, 6.07) is 1.60. The Kier molecular flexibility index (Phi) is 3.85. The number of pyridine rings is 1. The maximum absolute atomic E-state index is 10.8. The van der Waals surface area contributed by atoms with Gasteiger partial charge in [0, 0.05) is 31.6 Å². The van der Waals surface area contributed by atoms with Crippen molar-refractivity contribution in [2.75, 3.05) is 11.9 Å². The molecule has 2 aromatic heterocycles. The van der Waals surface area contributed by atoms with E-state index < -0.39 is 4.92 Å². The van der Waals surface area contributed by atoms with Gasteiger partial charge in [0.25, 0.3) is 0 Å². The summed E-state index contributed by atoms with van der Waals surface area (Å²) in [6.07, 6.45) is 7.90. The van der Waals surface area contributed by atoms with Crippen molar-refractivity contribution in [1.29, 1.82) is 0 Å². The average Bonchev–Trinajstić information content (AvgIpc) is 2.88. The summed E-state index contributed by atoms with van der Waals surface area (Å²) < 4.78 is 0. The highest BCUT2D eigenvalue weighted by Gasteiger charge is 2.12. The van der Waals surface area contributed by atoms with E-state index in [0.29, 0.717) is 12.2 Å². The van der Waals surface area contributed by atoms with E-state index in [1.165, 1.54) is 12.4 Å². The number of rotatable bonds is 6. The molecule has 0 saturated heterocycles. The number of aromatic nitrogens is 3. The molecule has 0 atom stereocenters. The SMILES string of the molecule is O=[N+]([O-])c1cnccc1NCCCc1ncc[nH]1. The fraction of sp³-hybridized carbons (Fsp3) is 0.273. The molecule has 2 rings (SSSR count). The predicted molar refractivity (Wildman–Crippen MR) is 66.3 cm³/mol. The first kappa shape index (κ1) is 12.0. The first-order chi connectivity index (χ1) is 8.77. The molecule has 2 heterocycles. The van der Waals surface area contributed by atoms with E-state index in [2.05, 4.69) is 20.3 Å². The van der Waals surface area contributed by atoms with Crippen LogP contribution >= 0.6 is 0 Å². The Hall–Kier alpha value is -2.44. The van der Waals surface area contributed by atoms with Gasteiger partial charge in [0.05, 0.1) is 4.92 Å². The lowest BCUT2D eigenvalue weighted by Crippen LogP contribution is -2.06. The first-order valence-corrected chi connectivity index (χ1v) is 5.58. The quantitative estimate of drug-likeness (QED) is 0.460. The molecule has 0 aliphatic rings. The normalized spacial score (nSPS) is 10.2. The molecule has 2 N–H and O–H groups in total. The van der Waals surface area contributed by atoms with Crippen LogP contribution in [0.25, 0.3) is 0 Å². The van der Waals surface area contributed by atoms with Gasteiger partial charge in [-0.1, -0.05) is 0 Å². The number of nitrogens with one attached hydrogen (secondary N) is 2. The van der Waals surface area contributed by atoms with Crippen LogP contribution in [0.5, 0.6) is 0 Å². The van der Waals surface area contributed by atoms with Crippen molar-refractivity contribution in [2.45, 2.75) is 12.8 Å². The summed E-state index contributed by atoms with van der Waals surface area (Å²) in [6.45, 7) is 0.644. The van der Waals surface area contributed by atoms with Crippen LogP contribution in [0.4, 0.5) is 11.4 Å². The topological polar surface area (TPSA) is 96.7 Å². The number of hydrogen-bond acceptors (Lipinski definition) is 5. The molecule has 7 heteroatoms. The summed E-state index contributed by atoms with van der Waals surface area (Å²) >= 11 is 0. The third-order valence-corrected chi connectivity index (χ3v) is 2.46. The van der Waals surface area contributed by atoms with E-state index in [0.717, 1.165) is 18.7 Å². The minimum atomic E-state index is -0.443. The van der Waals surface area contributed by atoms with E-state index in [-0.39, 0.29) is 5.69 Å². The van der Waals surface area contributed by atoms with Gasteiger partial charge in [0.1, 0.15) is 17.7 Å². The molecule has 0 aliphatic heterocycles. The molecular formula is C11H13N5O2. The molecule has 0 fully saturated rings. The molecule has 7 nitrogen and oxygen atoms in total. The molecule has 0 aromatic carbocycles. The molecule has 0 saturated carbocycles. The molecule has 0 spiro atoms. The molecule has 0 unspecified atom stereocenters. The molecule has 18 heavy (non-hydrogen) atoms. The van der Waals surface area contributed by atoms with Crippen molar-refractivity contribution in [1.82, 2.24) is 15.0 Å². The number of anilines is 1. The Morgan fingerprint density at radius 2 is 2.33 bits per heavy atom. The number of imidazole rings is 1. The number of nitro groups is 1. The van der Waals surface area contributed by atoms with Crippen LogP contribution in [-0.2, 0) is 6.42 Å². The van der Waals surface area contributed by atoms with Gasteiger partial charge < -0.3 is 10.3 Å². The lowest BCUT2D eigenvalue weighted by atomic mass is 10.3. The van der Waals surface area contributed by atoms with Crippen LogP contribution in [0.15, 0.2) is 30.9 Å². The number of nitrogens with zero attached hydrogens (tertiary/aromatic N) is 3. The summed E-state index contributed by atoms with van der Waals surface area (Å²) in [5, 5.41) is 13.8. The van der Waals surface area contributed by atoms with E-state index in [9.17, 15) is 10.1 Å². The molecule has 0 bridgehead atoms. The Morgan fingerprint density at radius 1 is 1.44 bits per heavy atom. The smallest absolute Gasteiger partial charge is 0.310 e. The van der Waals surface area contributed by atoms with E-state index in [1.807, 2.05) is 0 Å². The van der Waals surface area contributed by atoms with Crippen molar-refractivity contribution in [3.05, 3.63) is 46.8 Å². The zero-order chi connectivity index (χ0) is 12.8. The van der Waals surface area contributed by atoms with Gasteiger partial charge in [-0.05, 0) is 12.5 Å². The zero-order valence-corrected chi connectivity index (χ0v) is 9.67. The van der Waals surface area contributed by atoms with Crippen molar-refractivity contribution < 1.29 is 4.92 Å². The van der Waals surface area contributed by atoms with E-state index in [4.69, 9.17) is 0 Å². The predicted octanol–water partition coefficient (Wildman–Crippen LogP) is 1.76. The van der Waals surface area contributed by atoms with Gasteiger partial charge in [-0.25, -0.2) is 4.98 Å². The Bertz CT molecular complexity index is 512. The van der Waals surface area contributed by atoms with Gasteiger partial charge in [0.15, 0.2) is 0 Å². The highest BCUT2D eigenvalue weighted by Crippen LogP contribution is 2.21. The van der Waals surface area contributed by atoms with Crippen molar-refractivity contribution >= 4 is 11.4 Å². The van der Waals surface area contributed by atoms with Crippen LogP contribution < -0.4 is 5.32 Å². The Labute approximate surface area is 103 Å². The number of H-pyrrole nitrogens is 1. The molecule has 2 aromatic rings. The standard InChI is InChI=1S/C11H13N5O2/c17-16(18)10-8-12-5-3-9(10)13-4-1-2-11-14-6-7-15-11/h3,5-8H,1-2,4H2,(H,12,13)(H,14,15). The van der Waals surface area contributed by atoms with Crippen LogP contribution in [0, 0.1) is 10.1 Å². The maximum atomic E-state index is 10.8. The van der Waals surface area contributed by atoms with Crippen molar-refractivity contribution in [3.63, 3.8) is 0 Å². The summed E-state index contributed by atoms with van der Waals surface area (Å²) in [5.74, 6) is 0.918. The van der Waals surface area contributed by atoms with Crippen LogP contribution in [0.1, 0.15) is 12.2 Å². The van der Waals surface area contributed by atoms with Gasteiger partial charge in [-0.15, -0.1) is 0 Å². The van der Waals surface area contributed by atoms with Crippen LogP contribution in [0.2, 0.25) is 0 Å². The Morgan fingerprint density at radius 3 is 3.06 bits per heavy atom. The second kappa shape index (κ2) is 5.76. The van der Waals surface area contributed by atoms with Gasteiger partial charge in [-0.2, -0.15) is 0 Å². The highest BCUT2D eigenvalue weighted by molar-refractivity contribution is 5.59. The lowest BCUT2D eigenvalue weighted by molar-refractivity contribution is -0.384. The summed E-state index contributed by atoms with van der Waals surface area (Å²) in [4.78, 5) is 21.2. The van der Waals surface area contributed by atoms with Crippen molar-refractivity contribution in [3.8, 4) is 0 Å². The maximum Gasteiger partial charge on any atom is 0.310 e. The van der Waals surface area contributed by atoms with E-state index in [1.54, 1.807) is 18.5 Å². The first-order valence-electron chi connectivity index (χ1n) is 5.58. The molecular weight excluding hydrogens is 234 g/mol. The van der Waals surface area contributed by atoms with Gasteiger partial charge in [0.2, 0.25) is 0 Å². The molecule has 0 radical (unpaired) electrons. The fourth-order valence-corrected chi connectivity index (χ4v) is 1.59. The minimum Gasteiger partial charge on any atom is -0.379 e. The number of aryl methyl sites for hydroxylation is 1. The Balaban J connectivity index is 1.85. The van der Waals surface area contributed by atoms with Crippen molar-refractivity contribution in [2.24, 2.45) is 0 Å². The minimum absolute atomic E-state index is 0.00417. The number of hydrogen-bond donors (Lipinski definition) is 2. The lowest BCUT2D eigenvalue weighted by Gasteiger charge is -2.05. The summed E-state index contributed by atoms with van der Waals surface area (Å²) in [7, 11) is 0. The van der Waals surface area contributed by atoms with Crippen LogP contribution in [0.3, 0.4) is 0 Å². The van der Waals surface area contributed by atoms with Gasteiger partial charge >= 0.3 is 5.69 Å². The third-order valence-electron chi connectivity index (χ3n) is 2.46. The molecule has 0 aliphatic carbocycles. The summed E-state index contributed by atoms with van der Waals surface area (Å²) in [5.41, 5.74) is 0.491. The third kappa shape index (κ3) is 3.03. The second-order valence-corrected chi connectivity index (χ2v) is 3.72. The molecule has 0 amide bonds. The largest absolute Gasteiger partial charge is 0.379 e. The zero-order valence-electron chi connectivity index (χ0n) is 9.67. The highest BCUT2D eigenvalue weighted by atomic mass is 16.6. The van der Waals surface area contributed by atoms with Gasteiger partial charge in [-0.3, -0.25) is 15.1 Å². The average molecular weight is 247 g/mol. The fourth-order valence-electron chi connectivity index (χ4n) is 1.59. The monoisotopic (exact) mass is 247 g/mol. The number of aromatic amines is 1.